The lowest BCUT2D eigenvalue weighted by Crippen LogP contribution is -2.22. The van der Waals surface area contributed by atoms with E-state index in [2.05, 4.69) is 13.8 Å². The summed E-state index contributed by atoms with van der Waals surface area (Å²) in [5.41, 5.74) is 0.958. The fourth-order valence-corrected chi connectivity index (χ4v) is 2.11. The van der Waals surface area contributed by atoms with E-state index in [1.807, 2.05) is 20.8 Å². The second-order valence-electron chi connectivity index (χ2n) is 5.41. The molecule has 0 fully saturated rings. The third kappa shape index (κ3) is 5.64. The molecule has 0 radical (unpaired) electrons. The second-order valence-corrected chi connectivity index (χ2v) is 5.41. The Morgan fingerprint density at radius 3 is 2.14 bits per heavy atom. The van der Waals surface area contributed by atoms with Gasteiger partial charge in [-0.05, 0) is 50.3 Å². The zero-order valence-corrected chi connectivity index (χ0v) is 14.5. The number of hydrogen-bond acceptors (Lipinski definition) is 1. The molecule has 1 aromatic carbocycles. The Morgan fingerprint density at radius 2 is 1.62 bits per heavy atom. The SMILES string of the molecule is CC.CCCCC(C)C(C)Oc1c(C)cc(C)c(F)c1F. The summed E-state index contributed by atoms with van der Waals surface area (Å²) in [7, 11) is 0. The molecule has 21 heavy (non-hydrogen) atoms. The lowest BCUT2D eigenvalue weighted by molar-refractivity contribution is 0.144. The van der Waals surface area contributed by atoms with Crippen LogP contribution in [0.1, 0.15) is 65.0 Å². The Morgan fingerprint density at radius 1 is 1.05 bits per heavy atom. The zero-order valence-electron chi connectivity index (χ0n) is 14.5. The van der Waals surface area contributed by atoms with Crippen molar-refractivity contribution < 1.29 is 13.5 Å². The Hall–Kier alpha value is -1.12. The van der Waals surface area contributed by atoms with Crippen LogP contribution >= 0.6 is 0 Å². The van der Waals surface area contributed by atoms with Gasteiger partial charge < -0.3 is 4.74 Å². The first kappa shape index (κ1) is 19.9. The molecule has 0 amide bonds. The van der Waals surface area contributed by atoms with Gasteiger partial charge in [-0.3, -0.25) is 0 Å². The summed E-state index contributed by atoms with van der Waals surface area (Å²) in [5, 5.41) is 0. The van der Waals surface area contributed by atoms with E-state index < -0.39 is 11.6 Å². The Balaban J connectivity index is 0.00000191. The van der Waals surface area contributed by atoms with Gasteiger partial charge in [0.15, 0.2) is 11.6 Å². The highest BCUT2D eigenvalue weighted by atomic mass is 19.2. The van der Waals surface area contributed by atoms with Gasteiger partial charge in [-0.1, -0.05) is 40.5 Å². The molecular formula is C18H30F2O. The number of halogens is 2. The molecule has 0 heterocycles. The van der Waals surface area contributed by atoms with Gasteiger partial charge in [0.1, 0.15) is 0 Å². The predicted molar refractivity (Wildman–Crippen MR) is 86.0 cm³/mol. The molecular weight excluding hydrogens is 270 g/mol. The molecule has 122 valence electrons. The molecule has 3 heteroatoms. The first-order valence-corrected chi connectivity index (χ1v) is 8.00. The molecule has 1 nitrogen and oxygen atoms in total. The van der Waals surface area contributed by atoms with Crippen LogP contribution < -0.4 is 4.74 Å². The largest absolute Gasteiger partial charge is 0.487 e. The van der Waals surface area contributed by atoms with Crippen LogP contribution in [0.25, 0.3) is 0 Å². The molecule has 0 spiro atoms. The minimum atomic E-state index is -0.868. The number of rotatable bonds is 6. The van der Waals surface area contributed by atoms with Gasteiger partial charge >= 0.3 is 0 Å². The lowest BCUT2D eigenvalue weighted by atomic mass is 9.99. The van der Waals surface area contributed by atoms with Crippen LogP contribution in [0.2, 0.25) is 0 Å². The van der Waals surface area contributed by atoms with Crippen molar-refractivity contribution in [3.63, 3.8) is 0 Å². The van der Waals surface area contributed by atoms with Gasteiger partial charge in [-0.2, -0.15) is 4.39 Å². The van der Waals surface area contributed by atoms with E-state index in [4.69, 9.17) is 4.74 Å². The van der Waals surface area contributed by atoms with Crippen LogP contribution in [0.5, 0.6) is 5.75 Å². The quantitative estimate of drug-likeness (QED) is 0.607. The van der Waals surface area contributed by atoms with Crippen molar-refractivity contribution in [2.45, 2.75) is 73.8 Å². The van der Waals surface area contributed by atoms with Crippen molar-refractivity contribution in [2.24, 2.45) is 5.92 Å². The van der Waals surface area contributed by atoms with Gasteiger partial charge in [0.05, 0.1) is 6.10 Å². The van der Waals surface area contributed by atoms with Crippen molar-refractivity contribution in [3.8, 4) is 5.75 Å². The summed E-state index contributed by atoms with van der Waals surface area (Å²) in [6.07, 6.45) is 3.16. The average molecular weight is 300 g/mol. The molecule has 1 rings (SSSR count). The fourth-order valence-electron chi connectivity index (χ4n) is 2.11. The zero-order chi connectivity index (χ0) is 16.6. The highest BCUT2D eigenvalue weighted by Gasteiger charge is 2.20. The van der Waals surface area contributed by atoms with Crippen LogP contribution in [0.4, 0.5) is 8.78 Å². The number of aryl methyl sites for hydroxylation is 2. The molecule has 2 atom stereocenters. The standard InChI is InChI=1S/C16H24F2O.C2H6/c1-6-7-8-10(2)13(5)19-16-12(4)9-11(3)14(17)15(16)18;1-2/h9-10,13H,6-8H2,1-5H3;1-2H3. The van der Waals surface area contributed by atoms with Crippen LogP contribution in [0.15, 0.2) is 6.07 Å². The maximum atomic E-state index is 13.9. The van der Waals surface area contributed by atoms with E-state index in [1.165, 1.54) is 0 Å². The topological polar surface area (TPSA) is 9.23 Å². The summed E-state index contributed by atoms with van der Waals surface area (Å²) in [6, 6.07) is 1.62. The molecule has 0 aliphatic rings. The van der Waals surface area contributed by atoms with Gasteiger partial charge in [-0.25, -0.2) is 4.39 Å². The summed E-state index contributed by atoms with van der Waals surface area (Å²) >= 11 is 0. The molecule has 1 aromatic rings. The van der Waals surface area contributed by atoms with Gasteiger partial charge in [0, 0.05) is 0 Å². The molecule has 0 aromatic heterocycles. The normalized spacial score (nSPS) is 13.2. The first-order chi connectivity index (χ1) is 9.88. The van der Waals surface area contributed by atoms with E-state index in [0.717, 1.165) is 19.3 Å². The third-order valence-electron chi connectivity index (χ3n) is 3.65. The Labute approximate surface area is 128 Å². The van der Waals surface area contributed by atoms with E-state index in [1.54, 1.807) is 19.9 Å². The average Bonchev–Trinajstić information content (AvgIpc) is 2.48. The lowest BCUT2D eigenvalue weighted by Gasteiger charge is -2.23. The van der Waals surface area contributed by atoms with Crippen molar-refractivity contribution in [3.05, 3.63) is 28.8 Å². The van der Waals surface area contributed by atoms with Crippen LogP contribution in [-0.4, -0.2) is 6.10 Å². The monoisotopic (exact) mass is 300 g/mol. The number of benzene rings is 1. The number of hydrogen-bond donors (Lipinski definition) is 0. The highest BCUT2D eigenvalue weighted by molar-refractivity contribution is 5.38. The third-order valence-corrected chi connectivity index (χ3v) is 3.65. The van der Waals surface area contributed by atoms with Crippen LogP contribution in [0, 0.1) is 31.4 Å². The smallest absolute Gasteiger partial charge is 0.201 e. The molecule has 0 saturated carbocycles. The molecule has 0 saturated heterocycles. The number of ether oxygens (including phenoxy) is 1. The number of unbranched alkanes of at least 4 members (excludes halogenated alkanes) is 1. The summed E-state index contributed by atoms with van der Waals surface area (Å²) in [4.78, 5) is 0. The van der Waals surface area contributed by atoms with Gasteiger partial charge in [0.2, 0.25) is 5.82 Å². The second kappa shape index (κ2) is 9.75. The minimum Gasteiger partial charge on any atom is -0.487 e. The Kier molecular flexibility index (Phi) is 9.23. The minimum absolute atomic E-state index is 0.0546. The van der Waals surface area contributed by atoms with Crippen molar-refractivity contribution in [1.29, 1.82) is 0 Å². The maximum absolute atomic E-state index is 13.9. The van der Waals surface area contributed by atoms with Crippen LogP contribution in [0.3, 0.4) is 0 Å². The first-order valence-electron chi connectivity index (χ1n) is 8.00. The van der Waals surface area contributed by atoms with E-state index in [0.29, 0.717) is 17.0 Å². The molecule has 2 unspecified atom stereocenters. The molecule has 0 aliphatic heterocycles. The van der Waals surface area contributed by atoms with Gasteiger partial charge in [-0.15, -0.1) is 0 Å². The maximum Gasteiger partial charge on any atom is 0.201 e. The van der Waals surface area contributed by atoms with E-state index >= 15 is 0 Å². The van der Waals surface area contributed by atoms with Crippen molar-refractivity contribution in [1.82, 2.24) is 0 Å². The highest BCUT2D eigenvalue weighted by Crippen LogP contribution is 2.29. The summed E-state index contributed by atoms with van der Waals surface area (Å²) in [6.45, 7) is 13.4. The van der Waals surface area contributed by atoms with Gasteiger partial charge in [0.25, 0.3) is 0 Å². The van der Waals surface area contributed by atoms with E-state index in [-0.39, 0.29) is 11.9 Å². The van der Waals surface area contributed by atoms with E-state index in [9.17, 15) is 8.78 Å². The van der Waals surface area contributed by atoms with Crippen molar-refractivity contribution >= 4 is 0 Å². The molecule has 0 bridgehead atoms. The van der Waals surface area contributed by atoms with Crippen LogP contribution in [-0.2, 0) is 0 Å². The summed E-state index contributed by atoms with van der Waals surface area (Å²) in [5.74, 6) is -1.30. The summed E-state index contributed by atoms with van der Waals surface area (Å²) < 4.78 is 33.1. The Bertz CT molecular complexity index is 430. The van der Waals surface area contributed by atoms with Crippen molar-refractivity contribution in [2.75, 3.05) is 0 Å². The fraction of sp³-hybridized carbons (Fsp3) is 0.667. The molecule has 0 aliphatic carbocycles. The molecule has 0 N–H and O–H groups in total. The predicted octanol–water partition coefficient (Wildman–Crippen LogP) is 6.20.